The Hall–Kier alpha value is 0.310. The summed E-state index contributed by atoms with van der Waals surface area (Å²) >= 11 is 2.19. The van der Waals surface area contributed by atoms with Gasteiger partial charge >= 0.3 is 0 Å². The molecule has 0 amide bonds. The molecule has 3 atom stereocenters. The minimum Gasteiger partial charge on any atom is -0.315 e. The summed E-state index contributed by atoms with van der Waals surface area (Å²) < 4.78 is 0. The Balaban J connectivity index is 1.56. The number of hydrogen-bond acceptors (Lipinski definition) is 2. The topological polar surface area (TPSA) is 12.0 Å². The van der Waals surface area contributed by atoms with Crippen LogP contribution < -0.4 is 5.32 Å². The average molecular weight is 241 g/mol. The highest BCUT2D eigenvalue weighted by atomic mass is 32.2. The first kappa shape index (κ1) is 12.8. The van der Waals surface area contributed by atoms with Crippen LogP contribution in [0, 0.1) is 11.8 Å². The Morgan fingerprint density at radius 3 is 2.75 bits per heavy atom. The lowest BCUT2D eigenvalue weighted by molar-refractivity contribution is 0.274. The highest BCUT2D eigenvalue weighted by Gasteiger charge is 2.19. The average Bonchev–Trinajstić information content (AvgIpc) is 2.30. The van der Waals surface area contributed by atoms with Crippen molar-refractivity contribution in [3.8, 4) is 0 Å². The van der Waals surface area contributed by atoms with Crippen molar-refractivity contribution in [1.29, 1.82) is 0 Å². The number of hydrogen-bond donors (Lipinski definition) is 1. The molecule has 0 aromatic heterocycles. The van der Waals surface area contributed by atoms with Crippen LogP contribution in [-0.2, 0) is 0 Å². The smallest absolute Gasteiger partial charge is 0.0172 e. The molecule has 1 nitrogen and oxygen atoms in total. The summed E-state index contributed by atoms with van der Waals surface area (Å²) in [4.78, 5) is 0. The largest absolute Gasteiger partial charge is 0.315 e. The molecule has 2 fully saturated rings. The van der Waals surface area contributed by atoms with Crippen molar-refractivity contribution in [2.24, 2.45) is 11.8 Å². The fourth-order valence-corrected chi connectivity index (χ4v) is 4.44. The van der Waals surface area contributed by atoms with Gasteiger partial charge in [-0.25, -0.2) is 0 Å². The maximum Gasteiger partial charge on any atom is 0.0172 e. The van der Waals surface area contributed by atoms with E-state index in [2.05, 4.69) is 24.0 Å². The first-order valence-electron chi connectivity index (χ1n) is 7.17. The minimum absolute atomic E-state index is 0.912. The van der Waals surface area contributed by atoms with E-state index in [9.17, 15) is 0 Å². The first-order chi connectivity index (χ1) is 7.84. The lowest BCUT2D eigenvalue weighted by atomic mass is 9.82. The maximum atomic E-state index is 3.72. The molecular formula is C14H27NS. The quantitative estimate of drug-likeness (QED) is 0.805. The van der Waals surface area contributed by atoms with Crippen molar-refractivity contribution >= 4 is 11.8 Å². The van der Waals surface area contributed by atoms with Crippen molar-refractivity contribution in [3.63, 3.8) is 0 Å². The molecule has 1 saturated heterocycles. The van der Waals surface area contributed by atoms with Gasteiger partial charge in [0.25, 0.3) is 0 Å². The van der Waals surface area contributed by atoms with Gasteiger partial charge in [-0.15, -0.1) is 0 Å². The second-order valence-corrected chi connectivity index (χ2v) is 7.19. The summed E-state index contributed by atoms with van der Waals surface area (Å²) in [6, 6.07) is 0. The van der Waals surface area contributed by atoms with E-state index in [1.54, 1.807) is 0 Å². The van der Waals surface area contributed by atoms with E-state index in [1.807, 2.05) is 0 Å². The van der Waals surface area contributed by atoms with Gasteiger partial charge in [-0.05, 0) is 49.8 Å². The third kappa shape index (κ3) is 4.29. The third-order valence-electron chi connectivity index (χ3n) is 4.12. The number of rotatable bonds is 4. The van der Waals surface area contributed by atoms with Gasteiger partial charge < -0.3 is 5.32 Å². The molecule has 2 rings (SSSR count). The molecule has 0 spiro atoms. The Kier molecular flexibility index (Phi) is 5.51. The zero-order valence-electron chi connectivity index (χ0n) is 10.7. The van der Waals surface area contributed by atoms with Crippen LogP contribution in [0.1, 0.15) is 51.9 Å². The number of nitrogens with one attached hydrogen (secondary N) is 1. The molecule has 0 aromatic rings. The summed E-state index contributed by atoms with van der Waals surface area (Å²) in [5.74, 6) is 3.34. The van der Waals surface area contributed by atoms with Crippen molar-refractivity contribution in [1.82, 2.24) is 5.32 Å². The molecule has 0 bridgehead atoms. The van der Waals surface area contributed by atoms with Gasteiger partial charge in [-0.2, -0.15) is 11.8 Å². The van der Waals surface area contributed by atoms with E-state index < -0.39 is 0 Å². The molecule has 0 radical (unpaired) electrons. The van der Waals surface area contributed by atoms with Gasteiger partial charge in [-0.3, -0.25) is 0 Å². The Morgan fingerprint density at radius 2 is 2.00 bits per heavy atom. The molecule has 94 valence electrons. The summed E-state index contributed by atoms with van der Waals surface area (Å²) in [5, 5.41) is 4.64. The van der Waals surface area contributed by atoms with E-state index in [4.69, 9.17) is 0 Å². The zero-order chi connectivity index (χ0) is 11.2. The predicted molar refractivity (Wildman–Crippen MR) is 74.1 cm³/mol. The van der Waals surface area contributed by atoms with Crippen LogP contribution >= 0.6 is 11.8 Å². The van der Waals surface area contributed by atoms with E-state index >= 15 is 0 Å². The molecular weight excluding hydrogens is 214 g/mol. The third-order valence-corrected chi connectivity index (χ3v) is 5.52. The molecule has 2 aliphatic rings. The molecule has 3 unspecified atom stereocenters. The van der Waals surface area contributed by atoms with Crippen LogP contribution in [0.2, 0.25) is 0 Å². The fourth-order valence-electron chi connectivity index (χ4n) is 3.16. The second-order valence-electron chi connectivity index (χ2n) is 5.78. The molecule has 1 N–H and O–H groups in total. The van der Waals surface area contributed by atoms with Crippen LogP contribution in [0.4, 0.5) is 0 Å². The van der Waals surface area contributed by atoms with Crippen molar-refractivity contribution in [2.45, 2.75) is 57.1 Å². The van der Waals surface area contributed by atoms with E-state index in [0.29, 0.717) is 0 Å². The Labute approximate surface area is 105 Å². The summed E-state index contributed by atoms with van der Waals surface area (Å²) in [6.07, 6.45) is 10.2. The Morgan fingerprint density at radius 1 is 1.06 bits per heavy atom. The zero-order valence-corrected chi connectivity index (χ0v) is 11.5. The first-order valence-corrected chi connectivity index (χ1v) is 8.22. The Bertz CT molecular complexity index is 189. The van der Waals surface area contributed by atoms with Crippen LogP contribution in [0.5, 0.6) is 0 Å². The monoisotopic (exact) mass is 241 g/mol. The van der Waals surface area contributed by atoms with Gasteiger partial charge in [0.2, 0.25) is 0 Å². The standard InChI is InChI=1S/C14H27NS/c1-12-5-4-6-13(9-12)10-15-11-14-7-2-3-8-16-14/h12-15H,2-11H2,1H3. The normalized spacial score (nSPS) is 36.2. The van der Waals surface area contributed by atoms with Crippen molar-refractivity contribution in [3.05, 3.63) is 0 Å². The van der Waals surface area contributed by atoms with E-state index in [1.165, 1.54) is 63.8 Å². The van der Waals surface area contributed by atoms with Gasteiger partial charge in [0.1, 0.15) is 0 Å². The van der Waals surface area contributed by atoms with Gasteiger partial charge in [-0.1, -0.05) is 26.2 Å². The molecule has 1 aliphatic heterocycles. The fraction of sp³-hybridized carbons (Fsp3) is 1.00. The predicted octanol–water partition coefficient (Wildman–Crippen LogP) is 3.69. The van der Waals surface area contributed by atoms with Crippen LogP contribution in [0.3, 0.4) is 0 Å². The van der Waals surface area contributed by atoms with E-state index in [0.717, 1.165) is 17.1 Å². The summed E-state index contributed by atoms with van der Waals surface area (Å²) in [7, 11) is 0. The maximum absolute atomic E-state index is 3.72. The highest BCUT2D eigenvalue weighted by Crippen LogP contribution is 2.28. The molecule has 1 saturated carbocycles. The highest BCUT2D eigenvalue weighted by molar-refractivity contribution is 7.99. The van der Waals surface area contributed by atoms with Gasteiger partial charge in [0.15, 0.2) is 0 Å². The molecule has 1 heterocycles. The van der Waals surface area contributed by atoms with Crippen LogP contribution in [0.25, 0.3) is 0 Å². The SMILES string of the molecule is CC1CCCC(CNCC2CCCCS2)C1. The van der Waals surface area contributed by atoms with Gasteiger partial charge in [0, 0.05) is 11.8 Å². The van der Waals surface area contributed by atoms with E-state index in [-0.39, 0.29) is 0 Å². The summed E-state index contributed by atoms with van der Waals surface area (Å²) in [6.45, 7) is 4.96. The van der Waals surface area contributed by atoms with Crippen molar-refractivity contribution in [2.75, 3.05) is 18.8 Å². The number of thioether (sulfide) groups is 1. The molecule has 2 heteroatoms. The van der Waals surface area contributed by atoms with Crippen molar-refractivity contribution < 1.29 is 0 Å². The second kappa shape index (κ2) is 6.90. The molecule has 1 aliphatic carbocycles. The molecule has 0 aromatic carbocycles. The lowest BCUT2D eigenvalue weighted by Gasteiger charge is -2.28. The summed E-state index contributed by atoms with van der Waals surface area (Å²) in [5.41, 5.74) is 0. The minimum atomic E-state index is 0.912. The van der Waals surface area contributed by atoms with Crippen LogP contribution in [0.15, 0.2) is 0 Å². The molecule has 16 heavy (non-hydrogen) atoms. The van der Waals surface area contributed by atoms with Crippen LogP contribution in [-0.4, -0.2) is 24.1 Å². The van der Waals surface area contributed by atoms with Gasteiger partial charge in [0.05, 0.1) is 0 Å². The lowest BCUT2D eigenvalue weighted by Crippen LogP contribution is -2.32.